The molecule has 0 bridgehead atoms. The first-order chi connectivity index (χ1) is 4.89. The Morgan fingerprint density at radius 3 is 2.10 bits per heavy atom. The minimum atomic E-state index is -0.0388. The van der Waals surface area contributed by atoms with E-state index in [4.69, 9.17) is 0 Å². The number of hydrogen-bond donors (Lipinski definition) is 2. The molecule has 10 heavy (non-hydrogen) atoms. The maximum Gasteiger partial charge on any atom is 0.314 e. The van der Waals surface area contributed by atoms with E-state index in [1.165, 1.54) is 0 Å². The van der Waals surface area contributed by atoms with Crippen molar-refractivity contribution >= 4 is 27.6 Å². The van der Waals surface area contributed by atoms with Crippen LogP contribution in [0.15, 0.2) is 0 Å². The molecular weight excluding hydrogens is 168 g/mol. The fourth-order valence-electron chi connectivity index (χ4n) is 0.593. The van der Waals surface area contributed by atoms with Gasteiger partial charge in [0.05, 0.1) is 0 Å². The quantitative estimate of drug-likeness (QED) is 0.536. The van der Waals surface area contributed by atoms with E-state index in [0.29, 0.717) is 0 Å². The second-order valence-electron chi connectivity index (χ2n) is 1.83. The van der Waals surface area contributed by atoms with Gasteiger partial charge in [-0.05, 0) is 0 Å². The molecule has 0 radical (unpaired) electrons. The number of carbonyl (C=O) groups is 1. The van der Waals surface area contributed by atoms with E-state index in [2.05, 4.69) is 10.6 Å². The molecule has 5 heteroatoms. The molecule has 2 N–H and O–H groups in total. The van der Waals surface area contributed by atoms with Crippen molar-refractivity contribution in [3.63, 3.8) is 0 Å². The maximum atomic E-state index is 10.7. The zero-order valence-electron chi connectivity index (χ0n) is 5.55. The summed E-state index contributed by atoms with van der Waals surface area (Å²) in [6.45, 7) is 1.53. The molecule has 0 atom stereocenters. The van der Waals surface area contributed by atoms with E-state index >= 15 is 0 Å². The molecule has 58 valence electrons. The SMILES string of the molecule is O=C1NCCSSCCN1. The Morgan fingerprint density at radius 1 is 1.10 bits per heavy atom. The Hall–Kier alpha value is -0.0300. The van der Waals surface area contributed by atoms with Crippen molar-refractivity contribution in [1.82, 2.24) is 10.6 Å². The van der Waals surface area contributed by atoms with Gasteiger partial charge in [-0.15, -0.1) is 0 Å². The van der Waals surface area contributed by atoms with Gasteiger partial charge in [-0.25, -0.2) is 4.79 Å². The molecule has 0 saturated carbocycles. The summed E-state index contributed by atoms with van der Waals surface area (Å²) in [6.07, 6.45) is 0. The molecule has 0 unspecified atom stereocenters. The first-order valence-electron chi connectivity index (χ1n) is 3.16. The van der Waals surface area contributed by atoms with E-state index < -0.39 is 0 Å². The highest BCUT2D eigenvalue weighted by atomic mass is 33.1. The van der Waals surface area contributed by atoms with Crippen LogP contribution in [0, 0.1) is 0 Å². The standard InChI is InChI=1S/C5H10N2OS2/c8-5-6-1-3-9-10-4-2-7-5/h1-4H2,(H2,6,7,8). The predicted molar refractivity (Wildman–Crippen MR) is 46.3 cm³/mol. The summed E-state index contributed by atoms with van der Waals surface area (Å²) < 4.78 is 0. The van der Waals surface area contributed by atoms with Gasteiger partial charge in [-0.3, -0.25) is 0 Å². The number of amides is 2. The molecule has 1 aliphatic rings. The summed E-state index contributed by atoms with van der Waals surface area (Å²) >= 11 is 0. The van der Waals surface area contributed by atoms with Crippen molar-refractivity contribution in [2.24, 2.45) is 0 Å². The van der Waals surface area contributed by atoms with Crippen LogP contribution in [0.2, 0.25) is 0 Å². The van der Waals surface area contributed by atoms with Crippen molar-refractivity contribution in [3.8, 4) is 0 Å². The Labute approximate surface area is 68.1 Å². The fourth-order valence-corrected chi connectivity index (χ4v) is 2.41. The zero-order valence-corrected chi connectivity index (χ0v) is 7.19. The molecule has 1 fully saturated rings. The summed E-state index contributed by atoms with van der Waals surface area (Å²) in [5.41, 5.74) is 0. The average molecular weight is 178 g/mol. The number of rotatable bonds is 0. The van der Waals surface area contributed by atoms with Crippen molar-refractivity contribution in [3.05, 3.63) is 0 Å². The molecule has 3 nitrogen and oxygen atoms in total. The minimum Gasteiger partial charge on any atom is -0.337 e. The summed E-state index contributed by atoms with van der Waals surface area (Å²) in [4.78, 5) is 10.7. The molecule has 0 aliphatic carbocycles. The lowest BCUT2D eigenvalue weighted by Crippen LogP contribution is -2.36. The lowest BCUT2D eigenvalue weighted by molar-refractivity contribution is 0.242. The van der Waals surface area contributed by atoms with Crippen LogP contribution in [0.25, 0.3) is 0 Å². The Kier molecular flexibility index (Phi) is 3.82. The third-order valence-corrected chi connectivity index (χ3v) is 3.43. The van der Waals surface area contributed by atoms with Crippen LogP contribution in [-0.4, -0.2) is 30.6 Å². The lowest BCUT2D eigenvalue weighted by atomic mass is 10.7. The van der Waals surface area contributed by atoms with E-state index in [1.807, 2.05) is 0 Å². The van der Waals surface area contributed by atoms with Crippen LogP contribution >= 0.6 is 21.6 Å². The average Bonchev–Trinajstić information content (AvgIpc) is 2.02. The third-order valence-electron chi connectivity index (χ3n) is 1.03. The van der Waals surface area contributed by atoms with Crippen LogP contribution < -0.4 is 10.6 Å². The molecule has 0 aromatic heterocycles. The highest BCUT2D eigenvalue weighted by Gasteiger charge is 2.01. The zero-order chi connectivity index (χ0) is 7.23. The van der Waals surface area contributed by atoms with E-state index in [0.717, 1.165) is 24.6 Å². The predicted octanol–water partition coefficient (Wildman–Crippen LogP) is 0.681. The Balaban J connectivity index is 2.21. The molecule has 1 aliphatic heterocycles. The highest BCUT2D eigenvalue weighted by molar-refractivity contribution is 8.76. The monoisotopic (exact) mass is 178 g/mol. The first kappa shape index (κ1) is 8.07. The lowest BCUT2D eigenvalue weighted by Gasteiger charge is -2.01. The van der Waals surface area contributed by atoms with Gasteiger partial charge in [0.15, 0.2) is 0 Å². The first-order valence-corrected chi connectivity index (χ1v) is 5.64. The van der Waals surface area contributed by atoms with Crippen molar-refractivity contribution in [2.75, 3.05) is 24.6 Å². The largest absolute Gasteiger partial charge is 0.337 e. The summed E-state index contributed by atoms with van der Waals surface area (Å²) in [6, 6.07) is -0.0388. The van der Waals surface area contributed by atoms with Gasteiger partial charge in [-0.2, -0.15) is 0 Å². The van der Waals surface area contributed by atoms with Gasteiger partial charge in [0, 0.05) is 24.6 Å². The number of nitrogens with one attached hydrogen (secondary N) is 2. The normalized spacial score (nSPS) is 21.4. The van der Waals surface area contributed by atoms with E-state index in [9.17, 15) is 4.79 Å². The molecule has 0 aromatic rings. The summed E-state index contributed by atoms with van der Waals surface area (Å²) in [5, 5.41) is 5.48. The molecule has 0 spiro atoms. The molecule has 0 aromatic carbocycles. The highest BCUT2D eigenvalue weighted by Crippen LogP contribution is 2.19. The van der Waals surface area contributed by atoms with Crippen molar-refractivity contribution < 1.29 is 4.79 Å². The van der Waals surface area contributed by atoms with Gasteiger partial charge in [-0.1, -0.05) is 21.6 Å². The van der Waals surface area contributed by atoms with Gasteiger partial charge in [0.2, 0.25) is 0 Å². The van der Waals surface area contributed by atoms with Crippen molar-refractivity contribution in [1.29, 1.82) is 0 Å². The van der Waals surface area contributed by atoms with Gasteiger partial charge < -0.3 is 10.6 Å². The van der Waals surface area contributed by atoms with Crippen LogP contribution in [-0.2, 0) is 0 Å². The van der Waals surface area contributed by atoms with E-state index in [-0.39, 0.29) is 6.03 Å². The van der Waals surface area contributed by atoms with Gasteiger partial charge in [0.1, 0.15) is 0 Å². The third kappa shape index (κ3) is 3.22. The smallest absolute Gasteiger partial charge is 0.314 e. The fraction of sp³-hybridized carbons (Fsp3) is 0.800. The molecule has 2 amide bonds. The Morgan fingerprint density at radius 2 is 1.60 bits per heavy atom. The second kappa shape index (κ2) is 4.73. The second-order valence-corrected chi connectivity index (χ2v) is 4.53. The minimum absolute atomic E-state index is 0.0388. The summed E-state index contributed by atoms with van der Waals surface area (Å²) in [5.74, 6) is 2.00. The summed E-state index contributed by atoms with van der Waals surface area (Å²) in [7, 11) is 3.61. The topological polar surface area (TPSA) is 41.1 Å². The van der Waals surface area contributed by atoms with Crippen LogP contribution in [0.3, 0.4) is 0 Å². The molecule has 1 heterocycles. The molecular formula is C5H10N2OS2. The number of carbonyl (C=O) groups excluding carboxylic acids is 1. The van der Waals surface area contributed by atoms with Gasteiger partial charge >= 0.3 is 6.03 Å². The Bertz CT molecular complexity index is 108. The van der Waals surface area contributed by atoms with Crippen LogP contribution in [0.1, 0.15) is 0 Å². The van der Waals surface area contributed by atoms with Crippen LogP contribution in [0.4, 0.5) is 4.79 Å². The number of hydrogen-bond acceptors (Lipinski definition) is 3. The maximum absolute atomic E-state index is 10.7. The van der Waals surface area contributed by atoms with Crippen LogP contribution in [0.5, 0.6) is 0 Å². The molecule has 1 rings (SSSR count). The van der Waals surface area contributed by atoms with E-state index in [1.54, 1.807) is 21.6 Å². The van der Waals surface area contributed by atoms with Crippen molar-refractivity contribution in [2.45, 2.75) is 0 Å². The number of urea groups is 1. The molecule has 1 saturated heterocycles. The van der Waals surface area contributed by atoms with Gasteiger partial charge in [0.25, 0.3) is 0 Å².